The molecule has 0 N–H and O–H groups in total. The number of benzene rings is 10. The van der Waals surface area contributed by atoms with E-state index in [1.165, 1.54) is 78.4 Å². The lowest BCUT2D eigenvalue weighted by molar-refractivity contribution is 1.35. The van der Waals surface area contributed by atoms with Gasteiger partial charge in [0.05, 0.1) is 0 Å². The van der Waals surface area contributed by atoms with Crippen LogP contribution in [-0.2, 0) is 24.6 Å². The van der Waals surface area contributed by atoms with Crippen LogP contribution in [0.2, 0.25) is 0 Å². The second-order valence-corrected chi connectivity index (χ2v) is 19.9. The van der Waals surface area contributed by atoms with E-state index in [4.69, 9.17) is 0 Å². The number of hydrogen-bond acceptors (Lipinski definition) is 0. The van der Waals surface area contributed by atoms with Gasteiger partial charge >= 0.3 is 0 Å². The first kappa shape index (κ1) is 53.4. The minimum Gasteiger partial charge on any atom is -0.121 e. The Bertz CT molecular complexity index is 2460. The van der Waals surface area contributed by atoms with Crippen LogP contribution >= 0.6 is 34.3 Å². The van der Waals surface area contributed by atoms with Gasteiger partial charge in [0, 0.05) is 0 Å². The van der Waals surface area contributed by atoms with Gasteiger partial charge in [-0.2, -0.15) is 0 Å². The molecule has 68 heavy (non-hydrogen) atoms. The summed E-state index contributed by atoms with van der Waals surface area (Å²) in [6.45, 7) is 9.15. The van der Waals surface area contributed by atoms with E-state index in [9.17, 15) is 0 Å². The zero-order valence-electron chi connectivity index (χ0n) is 40.2. The summed E-state index contributed by atoms with van der Waals surface area (Å²) in [6.07, 6.45) is 4.69. The second-order valence-electron chi connectivity index (χ2n) is 15.7. The van der Waals surface area contributed by atoms with Crippen LogP contribution in [0.4, 0.5) is 0 Å². The van der Waals surface area contributed by atoms with Crippen molar-refractivity contribution in [2.45, 2.75) is 24.6 Å². The summed E-state index contributed by atoms with van der Waals surface area (Å²) in [5.41, 5.74) is 11.7. The summed E-state index contributed by atoms with van der Waals surface area (Å²) in [6, 6.07) is 92.7. The minimum absolute atomic E-state index is 0.924. The van der Waals surface area contributed by atoms with Crippen LogP contribution in [-0.4, -0.2) is 26.7 Å². The molecule has 0 nitrogen and oxygen atoms in total. The van der Waals surface area contributed by atoms with Crippen LogP contribution in [0.1, 0.15) is 22.3 Å². The largest absolute Gasteiger partial charge is 0.121 e. The van der Waals surface area contributed by atoms with Crippen molar-refractivity contribution in [3.05, 3.63) is 289 Å². The fraction of sp³-hybridized carbons (Fsp3) is 0.125. The fourth-order valence-electron chi connectivity index (χ4n) is 7.69. The second kappa shape index (κ2) is 33.0. The molecular formula is C64H68P4. The molecule has 4 unspecified atom stereocenters. The molecule has 4 atom stereocenters. The average molecular weight is 961 g/mol. The van der Waals surface area contributed by atoms with E-state index in [1.807, 2.05) is 146 Å². The van der Waals surface area contributed by atoms with Crippen LogP contribution in [0.5, 0.6) is 0 Å². The highest BCUT2D eigenvalue weighted by atomic mass is 31.1. The van der Waals surface area contributed by atoms with Crippen molar-refractivity contribution in [1.82, 2.24) is 0 Å². The molecule has 0 bridgehead atoms. The highest BCUT2D eigenvalue weighted by Gasteiger charge is 2.16. The molecule has 4 heteroatoms. The predicted octanol–water partition coefficient (Wildman–Crippen LogP) is 19.0. The van der Waals surface area contributed by atoms with Crippen molar-refractivity contribution in [3.63, 3.8) is 0 Å². The Morgan fingerprint density at radius 1 is 0.221 bits per heavy atom. The summed E-state index contributed by atoms with van der Waals surface area (Å²) >= 11 is 0. The van der Waals surface area contributed by atoms with Gasteiger partial charge in [0.2, 0.25) is 0 Å². The van der Waals surface area contributed by atoms with E-state index in [1.54, 1.807) is 0 Å². The van der Waals surface area contributed by atoms with E-state index in [2.05, 4.69) is 148 Å². The highest BCUT2D eigenvalue weighted by Crippen LogP contribution is 2.42. The molecule has 10 rings (SSSR count). The summed E-state index contributed by atoms with van der Waals surface area (Å²) in [7, 11) is 3.80. The summed E-state index contributed by atoms with van der Waals surface area (Å²) in [5.74, 6) is 0. The molecule has 0 aliphatic rings. The van der Waals surface area contributed by atoms with Gasteiger partial charge in [0.15, 0.2) is 0 Å². The lowest BCUT2D eigenvalue weighted by Crippen LogP contribution is -1.95. The molecule has 0 fully saturated rings. The van der Waals surface area contributed by atoms with E-state index >= 15 is 0 Å². The van der Waals surface area contributed by atoms with Gasteiger partial charge in [-0.05, 0) is 117 Å². The van der Waals surface area contributed by atoms with Gasteiger partial charge in [-0.3, -0.25) is 0 Å². The van der Waals surface area contributed by atoms with Crippen molar-refractivity contribution < 1.29 is 0 Å². The molecule has 0 aliphatic heterocycles. The van der Waals surface area contributed by atoms with Crippen molar-refractivity contribution in [2.75, 3.05) is 26.7 Å². The molecule has 0 radical (unpaired) electrons. The zero-order chi connectivity index (χ0) is 47.7. The molecule has 0 saturated carbocycles. The molecule has 344 valence electrons. The van der Waals surface area contributed by atoms with Crippen LogP contribution < -0.4 is 0 Å². The molecule has 10 aromatic rings. The SMILES string of the molecule is CPCc1ccc2ccccc2c1-c1c(CPC)ccc2ccccc12.CPCc1ccccc1-c1ccccc1CPC.c1ccccc1.c1ccccc1.c1ccccc1.c1ccccc1. The number of rotatable bonds is 10. The van der Waals surface area contributed by atoms with Gasteiger partial charge in [-0.1, -0.05) is 267 Å². The summed E-state index contributed by atoms with van der Waals surface area (Å²) in [5, 5.41) is 5.45. The third kappa shape index (κ3) is 18.2. The lowest BCUT2D eigenvalue weighted by atomic mass is 9.88. The van der Waals surface area contributed by atoms with Gasteiger partial charge in [-0.15, -0.1) is 34.3 Å². The van der Waals surface area contributed by atoms with Crippen molar-refractivity contribution in [1.29, 1.82) is 0 Å². The average Bonchev–Trinajstić information content (AvgIpc) is 3.42. The third-order valence-electron chi connectivity index (χ3n) is 10.7. The van der Waals surface area contributed by atoms with Gasteiger partial charge in [0.25, 0.3) is 0 Å². The Morgan fingerprint density at radius 3 is 0.735 bits per heavy atom. The first-order valence-corrected chi connectivity index (χ1v) is 30.3. The predicted molar refractivity (Wildman–Crippen MR) is 316 cm³/mol. The summed E-state index contributed by atoms with van der Waals surface area (Å²) in [4.78, 5) is 0. The van der Waals surface area contributed by atoms with E-state index < -0.39 is 0 Å². The highest BCUT2D eigenvalue weighted by molar-refractivity contribution is 7.36. The maximum absolute atomic E-state index is 2.36. The quantitative estimate of drug-likeness (QED) is 0.120. The standard InChI is InChI=1S/C24H24P2.C16H20P2.4C6H6/c1-25-15-19-13-11-17-7-3-5-9-21(17)23(19)24-20(16-26-2)14-12-18-8-4-6-10-22(18)24;1-17-11-13-7-3-5-9-15(13)16-10-6-4-8-14(16)12-18-2;4*1-2-4-6-5-3-1/h3-14,25-26H,15-16H2,1-2H3;3-10,17-18H,11-12H2,1-2H3;4*1-6H. The molecular weight excluding hydrogens is 893 g/mol. The third-order valence-corrected chi connectivity index (χ3v) is 13.7. The lowest BCUT2D eigenvalue weighted by Gasteiger charge is -2.19. The van der Waals surface area contributed by atoms with Crippen molar-refractivity contribution in [3.8, 4) is 22.3 Å². The first-order valence-electron chi connectivity index (χ1n) is 23.5. The van der Waals surface area contributed by atoms with Gasteiger partial charge in [-0.25, -0.2) is 0 Å². The van der Waals surface area contributed by atoms with Crippen molar-refractivity contribution in [2.24, 2.45) is 0 Å². The first-order chi connectivity index (χ1) is 33.7. The monoisotopic (exact) mass is 960 g/mol. The Morgan fingerprint density at radius 2 is 0.456 bits per heavy atom. The fourth-order valence-corrected chi connectivity index (χ4v) is 10.4. The Kier molecular flexibility index (Phi) is 25.9. The molecule has 0 heterocycles. The molecule has 0 amide bonds. The van der Waals surface area contributed by atoms with Crippen LogP contribution in [0.3, 0.4) is 0 Å². The summed E-state index contributed by atoms with van der Waals surface area (Å²) < 4.78 is 0. The Balaban J connectivity index is 0.000000175. The van der Waals surface area contributed by atoms with Crippen LogP contribution in [0.15, 0.2) is 267 Å². The Hall–Kier alpha value is -5.56. The molecule has 0 aromatic heterocycles. The molecule has 0 spiro atoms. The Labute approximate surface area is 416 Å². The van der Waals surface area contributed by atoms with E-state index in [0.29, 0.717) is 0 Å². The maximum atomic E-state index is 2.36. The van der Waals surface area contributed by atoms with Crippen molar-refractivity contribution >= 4 is 55.9 Å². The minimum atomic E-state index is 0.924. The topological polar surface area (TPSA) is 0 Å². The van der Waals surface area contributed by atoms with Crippen LogP contribution in [0, 0.1) is 0 Å². The number of hydrogen-bond donors (Lipinski definition) is 0. The molecule has 0 aliphatic carbocycles. The van der Waals surface area contributed by atoms with Gasteiger partial charge < -0.3 is 0 Å². The van der Waals surface area contributed by atoms with E-state index in [-0.39, 0.29) is 0 Å². The normalized spacial score (nSPS) is 10.6. The van der Waals surface area contributed by atoms with Gasteiger partial charge in [0.1, 0.15) is 0 Å². The van der Waals surface area contributed by atoms with Crippen LogP contribution in [0.25, 0.3) is 43.8 Å². The molecule has 10 aromatic carbocycles. The maximum Gasteiger partial charge on any atom is -0.00607 e. The molecule has 0 saturated heterocycles. The number of fused-ring (bicyclic) bond motifs is 2. The van der Waals surface area contributed by atoms with E-state index in [0.717, 1.165) is 46.6 Å². The zero-order valence-corrected chi connectivity index (χ0v) is 44.2. The smallest absolute Gasteiger partial charge is 0.00607 e.